The second-order valence-electron chi connectivity index (χ2n) is 4.77. The number of amides is 1. The van der Waals surface area contributed by atoms with Crippen molar-refractivity contribution in [1.29, 1.82) is 0 Å². The summed E-state index contributed by atoms with van der Waals surface area (Å²) in [4.78, 5) is 34.7. The maximum absolute atomic E-state index is 11.4. The molecule has 8 heteroatoms. The Hall–Kier alpha value is -2.61. The zero-order valence-electron chi connectivity index (χ0n) is 14.9. The number of hydrogen-bond donors (Lipinski definition) is 2. The molecule has 1 rings (SSSR count). The number of nitrogens with zero attached hydrogens (tertiary/aromatic N) is 1. The number of rotatable bonds is 9. The molecule has 0 radical (unpaired) electrons. The number of carbonyl (C=O) groups is 3. The largest absolute Gasteiger partial charge is 0.480 e. The van der Waals surface area contributed by atoms with Crippen LogP contribution in [-0.2, 0) is 25.7 Å². The van der Waals surface area contributed by atoms with Crippen molar-refractivity contribution < 1.29 is 30.4 Å². The van der Waals surface area contributed by atoms with Crippen LogP contribution in [0, 0.1) is 0 Å². The molecule has 0 heterocycles. The lowest BCUT2D eigenvalue weighted by Crippen LogP contribution is -2.33. The first-order valence-electron chi connectivity index (χ1n) is 7.98. The van der Waals surface area contributed by atoms with E-state index < -0.39 is 18.0 Å². The molecule has 1 aromatic carbocycles. The SMILES string of the molecule is CC.CN(CCOC(=O)CNC(=O)OCc1ccccc1)CC(=O)O.[HH]. The summed E-state index contributed by atoms with van der Waals surface area (Å²) in [6, 6.07) is 9.14. The van der Waals surface area contributed by atoms with Crippen molar-refractivity contribution in [3.63, 3.8) is 0 Å². The first kappa shape index (κ1) is 22.4. The van der Waals surface area contributed by atoms with Gasteiger partial charge in [-0.15, -0.1) is 0 Å². The number of hydrogen-bond acceptors (Lipinski definition) is 6. The first-order valence-corrected chi connectivity index (χ1v) is 7.98. The van der Waals surface area contributed by atoms with Gasteiger partial charge in [0.2, 0.25) is 0 Å². The minimum atomic E-state index is -0.957. The normalized spacial score (nSPS) is 9.60. The lowest BCUT2D eigenvalue weighted by atomic mass is 10.2. The van der Waals surface area contributed by atoms with E-state index in [9.17, 15) is 14.4 Å². The van der Waals surface area contributed by atoms with Crippen LogP contribution < -0.4 is 5.32 Å². The van der Waals surface area contributed by atoms with Gasteiger partial charge in [0, 0.05) is 7.97 Å². The molecule has 0 unspecified atom stereocenters. The van der Waals surface area contributed by atoms with Gasteiger partial charge in [0.05, 0.1) is 6.54 Å². The molecule has 1 amide bonds. The van der Waals surface area contributed by atoms with Crippen molar-refractivity contribution in [2.75, 3.05) is 33.3 Å². The Labute approximate surface area is 149 Å². The van der Waals surface area contributed by atoms with Gasteiger partial charge in [-0.1, -0.05) is 44.2 Å². The predicted molar refractivity (Wildman–Crippen MR) is 94.2 cm³/mol. The van der Waals surface area contributed by atoms with Crippen LogP contribution in [0.1, 0.15) is 20.8 Å². The van der Waals surface area contributed by atoms with Crippen LogP contribution >= 0.6 is 0 Å². The average molecular weight is 356 g/mol. The maximum atomic E-state index is 11.4. The number of likely N-dealkylation sites (N-methyl/N-ethyl adjacent to an activating group) is 1. The van der Waals surface area contributed by atoms with Gasteiger partial charge in [-0.2, -0.15) is 0 Å². The van der Waals surface area contributed by atoms with Gasteiger partial charge in [0.1, 0.15) is 19.8 Å². The summed E-state index contributed by atoms with van der Waals surface area (Å²) in [5.41, 5.74) is 0.840. The smallest absolute Gasteiger partial charge is 0.407 e. The lowest BCUT2D eigenvalue weighted by Gasteiger charge is -2.13. The minimum Gasteiger partial charge on any atom is -0.480 e. The zero-order chi connectivity index (χ0) is 19.1. The maximum Gasteiger partial charge on any atom is 0.407 e. The molecule has 0 saturated carbocycles. The lowest BCUT2D eigenvalue weighted by molar-refractivity contribution is -0.143. The summed E-state index contributed by atoms with van der Waals surface area (Å²) >= 11 is 0. The highest BCUT2D eigenvalue weighted by atomic mass is 16.6. The standard InChI is InChI=1S/C15H20N2O6.C2H6.H2/c1-17(10-13(18)19)7-8-22-14(20)9-16-15(21)23-11-12-5-3-2-4-6-12;1-2;/h2-6H,7-11H2,1H3,(H,16,21)(H,18,19);1-2H3;1H. The van der Waals surface area contributed by atoms with E-state index in [4.69, 9.17) is 14.6 Å². The number of nitrogens with one attached hydrogen (secondary N) is 1. The number of carbonyl (C=O) groups excluding carboxylic acids is 2. The highest BCUT2D eigenvalue weighted by Gasteiger charge is 2.09. The summed E-state index contributed by atoms with van der Waals surface area (Å²) in [5, 5.41) is 10.8. The van der Waals surface area contributed by atoms with Gasteiger partial charge in [-0.05, 0) is 12.6 Å². The molecular weight excluding hydrogens is 328 g/mol. The Morgan fingerprint density at radius 2 is 1.80 bits per heavy atom. The number of benzene rings is 1. The molecule has 0 fully saturated rings. The van der Waals surface area contributed by atoms with Crippen LogP contribution in [-0.4, -0.2) is 61.3 Å². The summed E-state index contributed by atoms with van der Waals surface area (Å²) < 4.78 is 9.80. The summed E-state index contributed by atoms with van der Waals surface area (Å²) in [6.45, 7) is 4.00. The molecule has 0 spiro atoms. The molecule has 142 valence electrons. The van der Waals surface area contributed by atoms with Crippen molar-refractivity contribution in [3.05, 3.63) is 35.9 Å². The van der Waals surface area contributed by atoms with Crippen LogP contribution in [0.25, 0.3) is 0 Å². The molecular formula is C17H28N2O6. The minimum absolute atomic E-state index is 0. The summed E-state index contributed by atoms with van der Waals surface area (Å²) in [6.07, 6.45) is -0.714. The van der Waals surface area contributed by atoms with Gasteiger partial charge >= 0.3 is 18.0 Å². The second kappa shape index (κ2) is 13.8. The average Bonchev–Trinajstić information content (AvgIpc) is 2.60. The van der Waals surface area contributed by atoms with Crippen LogP contribution in [0.4, 0.5) is 4.79 Å². The van der Waals surface area contributed by atoms with Gasteiger partial charge in [-0.3, -0.25) is 14.5 Å². The fraction of sp³-hybridized carbons (Fsp3) is 0.471. The highest BCUT2D eigenvalue weighted by Crippen LogP contribution is 2.00. The predicted octanol–water partition coefficient (Wildman–Crippen LogP) is 1.74. The van der Waals surface area contributed by atoms with Gasteiger partial charge in [-0.25, -0.2) is 4.79 Å². The van der Waals surface area contributed by atoms with E-state index in [1.165, 1.54) is 4.90 Å². The zero-order valence-corrected chi connectivity index (χ0v) is 14.9. The molecule has 25 heavy (non-hydrogen) atoms. The third kappa shape index (κ3) is 12.5. The molecule has 8 nitrogen and oxygen atoms in total. The topological polar surface area (TPSA) is 105 Å². The van der Waals surface area contributed by atoms with Crippen molar-refractivity contribution in [3.8, 4) is 0 Å². The van der Waals surface area contributed by atoms with Crippen LogP contribution in [0.2, 0.25) is 0 Å². The van der Waals surface area contributed by atoms with E-state index in [2.05, 4.69) is 5.32 Å². The number of carboxylic acids is 1. The molecule has 0 aliphatic heterocycles. The number of aliphatic carboxylic acids is 1. The number of carboxylic acid groups (broad SMARTS) is 1. The van der Waals surface area contributed by atoms with E-state index in [1.54, 1.807) is 7.05 Å². The third-order valence-corrected chi connectivity index (χ3v) is 2.73. The Morgan fingerprint density at radius 3 is 2.40 bits per heavy atom. The Balaban J connectivity index is 0. The monoisotopic (exact) mass is 356 g/mol. The van der Waals surface area contributed by atoms with Crippen molar-refractivity contribution >= 4 is 18.0 Å². The number of esters is 1. The molecule has 0 aliphatic rings. The molecule has 0 aliphatic carbocycles. The fourth-order valence-corrected chi connectivity index (χ4v) is 1.59. The van der Waals surface area contributed by atoms with E-state index in [-0.39, 0.29) is 34.3 Å². The molecule has 1 aromatic rings. The van der Waals surface area contributed by atoms with E-state index in [0.29, 0.717) is 0 Å². The van der Waals surface area contributed by atoms with Crippen molar-refractivity contribution in [1.82, 2.24) is 10.2 Å². The molecule has 0 atom stereocenters. The second-order valence-corrected chi connectivity index (χ2v) is 4.77. The Kier molecular flexibility index (Phi) is 12.4. The van der Waals surface area contributed by atoms with E-state index in [1.807, 2.05) is 44.2 Å². The molecule has 2 N–H and O–H groups in total. The molecule has 0 aromatic heterocycles. The summed E-state index contributed by atoms with van der Waals surface area (Å²) in [5.74, 6) is -1.58. The van der Waals surface area contributed by atoms with E-state index >= 15 is 0 Å². The number of ether oxygens (including phenoxy) is 2. The highest BCUT2D eigenvalue weighted by molar-refractivity contribution is 5.77. The van der Waals surface area contributed by atoms with Crippen LogP contribution in [0.3, 0.4) is 0 Å². The van der Waals surface area contributed by atoms with Crippen molar-refractivity contribution in [2.45, 2.75) is 20.5 Å². The Morgan fingerprint density at radius 1 is 1.16 bits per heavy atom. The summed E-state index contributed by atoms with van der Waals surface area (Å²) in [7, 11) is 1.60. The molecule has 0 bridgehead atoms. The third-order valence-electron chi connectivity index (χ3n) is 2.73. The number of alkyl carbamates (subject to hydrolysis) is 1. The van der Waals surface area contributed by atoms with Crippen molar-refractivity contribution in [2.24, 2.45) is 0 Å². The molecule has 0 saturated heterocycles. The van der Waals surface area contributed by atoms with E-state index in [0.717, 1.165) is 5.56 Å². The first-order chi connectivity index (χ1) is 12.0. The van der Waals surface area contributed by atoms with Gasteiger partial charge in [0.25, 0.3) is 0 Å². The Bertz CT molecular complexity index is 527. The quantitative estimate of drug-likeness (QED) is 0.649. The fourth-order valence-electron chi connectivity index (χ4n) is 1.59. The van der Waals surface area contributed by atoms with Crippen LogP contribution in [0.5, 0.6) is 0 Å². The van der Waals surface area contributed by atoms with Gasteiger partial charge in [0.15, 0.2) is 0 Å². The van der Waals surface area contributed by atoms with Crippen LogP contribution in [0.15, 0.2) is 30.3 Å². The van der Waals surface area contributed by atoms with Gasteiger partial charge < -0.3 is 19.9 Å².